The molecule has 0 aliphatic carbocycles. The zero-order valence-electron chi connectivity index (χ0n) is 13.9. The first-order valence-electron chi connectivity index (χ1n) is 7.89. The highest BCUT2D eigenvalue weighted by Gasteiger charge is 2.25. The molecule has 1 aliphatic rings. The summed E-state index contributed by atoms with van der Waals surface area (Å²) in [5.74, 6) is 1.23. The molecular formula is C17H24N2O4. The van der Waals surface area contributed by atoms with Gasteiger partial charge in [0.05, 0.1) is 12.2 Å². The van der Waals surface area contributed by atoms with Gasteiger partial charge >= 0.3 is 0 Å². The van der Waals surface area contributed by atoms with E-state index in [2.05, 4.69) is 5.32 Å². The lowest BCUT2D eigenvalue weighted by atomic mass is 10.2. The Hall–Kier alpha value is -2.08. The molecule has 1 aromatic rings. The van der Waals surface area contributed by atoms with Crippen molar-refractivity contribution in [1.29, 1.82) is 0 Å². The van der Waals surface area contributed by atoms with Gasteiger partial charge in [0.2, 0.25) is 11.8 Å². The fraction of sp³-hybridized carbons (Fsp3) is 0.529. The number of hydrogen-bond donors (Lipinski definition) is 1. The summed E-state index contributed by atoms with van der Waals surface area (Å²) in [4.78, 5) is 25.6. The quantitative estimate of drug-likeness (QED) is 0.839. The van der Waals surface area contributed by atoms with Crippen molar-refractivity contribution in [3.05, 3.63) is 29.7 Å². The van der Waals surface area contributed by atoms with E-state index in [0.29, 0.717) is 31.8 Å². The molecule has 126 valence electrons. The summed E-state index contributed by atoms with van der Waals surface area (Å²) < 4.78 is 10.9. The van der Waals surface area contributed by atoms with E-state index in [9.17, 15) is 9.59 Å². The van der Waals surface area contributed by atoms with E-state index in [1.54, 1.807) is 17.0 Å². The number of nitrogens with zero attached hydrogens (tertiary/aromatic N) is 1. The van der Waals surface area contributed by atoms with Crippen molar-refractivity contribution in [2.24, 2.45) is 0 Å². The van der Waals surface area contributed by atoms with Gasteiger partial charge in [0.15, 0.2) is 0 Å². The maximum absolute atomic E-state index is 12.1. The maximum Gasteiger partial charge on any atom is 0.244 e. The van der Waals surface area contributed by atoms with Crippen molar-refractivity contribution in [3.8, 4) is 0 Å². The molecule has 0 spiro atoms. The number of furan rings is 1. The lowest BCUT2D eigenvalue weighted by Gasteiger charge is -2.35. The van der Waals surface area contributed by atoms with Crippen LogP contribution in [0.5, 0.6) is 0 Å². The molecule has 6 heteroatoms. The normalized spacial score (nSPS) is 21.6. The third kappa shape index (κ3) is 5.56. The SMILES string of the molecule is Cc1ccc(/C=C\C(=O)NCCC(=O)N2C[C@@H](C)O[C@@H](C)C2)o1. The predicted molar refractivity (Wildman–Crippen MR) is 86.7 cm³/mol. The number of carbonyl (C=O) groups is 2. The van der Waals surface area contributed by atoms with E-state index in [-0.39, 0.29) is 24.0 Å². The highest BCUT2D eigenvalue weighted by atomic mass is 16.5. The lowest BCUT2D eigenvalue weighted by Crippen LogP contribution is -2.48. The molecule has 2 heterocycles. The number of hydrogen-bond acceptors (Lipinski definition) is 4. The van der Waals surface area contributed by atoms with Crippen LogP contribution in [0.15, 0.2) is 22.6 Å². The zero-order valence-corrected chi connectivity index (χ0v) is 13.9. The van der Waals surface area contributed by atoms with Crippen LogP contribution >= 0.6 is 0 Å². The minimum absolute atomic E-state index is 0.0398. The number of aryl methyl sites for hydroxylation is 1. The summed E-state index contributed by atoms with van der Waals surface area (Å²) in [6.07, 6.45) is 3.41. The fourth-order valence-corrected chi connectivity index (χ4v) is 2.59. The van der Waals surface area contributed by atoms with Gasteiger partial charge in [0, 0.05) is 32.1 Å². The minimum atomic E-state index is -0.240. The van der Waals surface area contributed by atoms with Crippen LogP contribution in [0.25, 0.3) is 6.08 Å². The summed E-state index contributed by atoms with van der Waals surface area (Å²) in [7, 11) is 0. The molecule has 2 amide bonds. The van der Waals surface area contributed by atoms with Gasteiger partial charge in [-0.1, -0.05) is 0 Å². The van der Waals surface area contributed by atoms with Crippen molar-refractivity contribution in [2.45, 2.75) is 39.4 Å². The van der Waals surface area contributed by atoms with Gasteiger partial charge in [-0.3, -0.25) is 9.59 Å². The van der Waals surface area contributed by atoms with E-state index in [1.807, 2.05) is 26.8 Å². The molecule has 0 saturated carbocycles. The van der Waals surface area contributed by atoms with Crippen LogP contribution in [0.3, 0.4) is 0 Å². The average Bonchev–Trinajstić information content (AvgIpc) is 2.89. The second-order valence-corrected chi connectivity index (χ2v) is 5.88. The molecule has 6 nitrogen and oxygen atoms in total. The lowest BCUT2D eigenvalue weighted by molar-refractivity contribution is -0.143. The number of morpholine rings is 1. The topological polar surface area (TPSA) is 71.8 Å². The third-order valence-electron chi connectivity index (χ3n) is 3.57. The van der Waals surface area contributed by atoms with E-state index in [0.717, 1.165) is 5.76 Å². The molecule has 2 rings (SSSR count). The summed E-state index contributed by atoms with van der Waals surface area (Å²) in [6, 6.07) is 3.63. The number of ether oxygens (including phenoxy) is 1. The van der Waals surface area contributed by atoms with Crippen LogP contribution < -0.4 is 5.32 Å². The van der Waals surface area contributed by atoms with Crippen molar-refractivity contribution in [2.75, 3.05) is 19.6 Å². The Morgan fingerprint density at radius 2 is 2.00 bits per heavy atom. The number of carbonyl (C=O) groups excluding carboxylic acids is 2. The van der Waals surface area contributed by atoms with Gasteiger partial charge in [0.25, 0.3) is 0 Å². The Labute approximate surface area is 136 Å². The van der Waals surface area contributed by atoms with Gasteiger partial charge in [0.1, 0.15) is 11.5 Å². The molecule has 1 saturated heterocycles. The van der Waals surface area contributed by atoms with Crippen LogP contribution in [0.4, 0.5) is 0 Å². The second kappa shape index (κ2) is 7.97. The molecule has 0 unspecified atom stereocenters. The molecule has 0 bridgehead atoms. The van der Waals surface area contributed by atoms with Crippen LogP contribution in [0, 0.1) is 6.92 Å². The molecule has 1 aromatic heterocycles. The fourth-order valence-electron chi connectivity index (χ4n) is 2.59. The molecule has 23 heavy (non-hydrogen) atoms. The molecule has 0 aromatic carbocycles. The molecular weight excluding hydrogens is 296 g/mol. The van der Waals surface area contributed by atoms with Gasteiger partial charge < -0.3 is 19.4 Å². The van der Waals surface area contributed by atoms with E-state index in [1.165, 1.54) is 6.08 Å². The van der Waals surface area contributed by atoms with Crippen LogP contribution in [0.2, 0.25) is 0 Å². The highest BCUT2D eigenvalue weighted by molar-refractivity contribution is 5.91. The Bertz CT molecular complexity index is 569. The van der Waals surface area contributed by atoms with Gasteiger partial charge in [-0.25, -0.2) is 0 Å². The summed E-state index contributed by atoms with van der Waals surface area (Å²) >= 11 is 0. The monoisotopic (exact) mass is 320 g/mol. The Kier molecular flexibility index (Phi) is 5.98. The van der Waals surface area contributed by atoms with Crippen molar-refractivity contribution in [3.63, 3.8) is 0 Å². The molecule has 2 atom stereocenters. The van der Waals surface area contributed by atoms with Crippen LogP contribution in [-0.2, 0) is 14.3 Å². The van der Waals surface area contributed by atoms with Crippen molar-refractivity contribution < 1.29 is 18.7 Å². The van der Waals surface area contributed by atoms with Crippen LogP contribution in [0.1, 0.15) is 31.8 Å². The first-order valence-corrected chi connectivity index (χ1v) is 7.89. The zero-order chi connectivity index (χ0) is 16.8. The second-order valence-electron chi connectivity index (χ2n) is 5.88. The molecule has 0 radical (unpaired) electrons. The van der Waals surface area contributed by atoms with Gasteiger partial charge in [-0.2, -0.15) is 0 Å². The van der Waals surface area contributed by atoms with Gasteiger partial charge in [-0.15, -0.1) is 0 Å². The highest BCUT2D eigenvalue weighted by Crippen LogP contribution is 2.11. The minimum Gasteiger partial charge on any atom is -0.462 e. The largest absolute Gasteiger partial charge is 0.462 e. The van der Waals surface area contributed by atoms with Gasteiger partial charge in [-0.05, 0) is 39.0 Å². The molecule has 1 aliphatic heterocycles. The van der Waals surface area contributed by atoms with E-state index >= 15 is 0 Å². The Balaban J connectivity index is 1.70. The third-order valence-corrected chi connectivity index (χ3v) is 3.57. The number of nitrogens with one attached hydrogen (secondary N) is 1. The summed E-state index contributed by atoms with van der Waals surface area (Å²) in [5.41, 5.74) is 0. The number of rotatable bonds is 5. The van der Waals surface area contributed by atoms with Crippen molar-refractivity contribution >= 4 is 17.9 Å². The molecule has 1 fully saturated rings. The summed E-state index contributed by atoms with van der Waals surface area (Å²) in [5, 5.41) is 2.71. The van der Waals surface area contributed by atoms with Crippen LogP contribution in [-0.4, -0.2) is 48.6 Å². The standard InChI is InChI=1S/C17H24N2O4/c1-12-4-5-15(23-12)6-7-16(20)18-9-8-17(21)19-10-13(2)22-14(3)11-19/h4-7,13-14H,8-11H2,1-3H3,(H,18,20)/b7-6-/t13-,14+. The maximum atomic E-state index is 12.1. The number of amides is 2. The van der Waals surface area contributed by atoms with E-state index in [4.69, 9.17) is 9.15 Å². The average molecular weight is 320 g/mol. The first-order chi connectivity index (χ1) is 10.9. The predicted octanol–water partition coefficient (Wildman–Crippen LogP) is 1.74. The first kappa shape index (κ1) is 17.3. The molecule has 1 N–H and O–H groups in total. The van der Waals surface area contributed by atoms with Crippen molar-refractivity contribution in [1.82, 2.24) is 10.2 Å². The summed E-state index contributed by atoms with van der Waals surface area (Å²) in [6.45, 7) is 7.29. The Morgan fingerprint density at radius 3 is 2.61 bits per heavy atom. The van der Waals surface area contributed by atoms with E-state index < -0.39 is 0 Å². The smallest absolute Gasteiger partial charge is 0.244 e. The Morgan fingerprint density at radius 1 is 1.30 bits per heavy atom.